The molecule has 0 saturated carbocycles. The lowest BCUT2D eigenvalue weighted by atomic mass is 9.70. The number of ether oxygens (including phenoxy) is 10. The average molecular weight is 928 g/mol. The van der Waals surface area contributed by atoms with Crippen molar-refractivity contribution in [2.45, 2.75) is 191 Å². The van der Waals surface area contributed by atoms with Crippen molar-refractivity contribution in [1.82, 2.24) is 4.90 Å². The molecule has 1 aliphatic carbocycles. The lowest BCUT2D eigenvalue weighted by molar-refractivity contribution is -0.314. The van der Waals surface area contributed by atoms with Crippen molar-refractivity contribution < 1.29 is 72.0 Å². The van der Waals surface area contributed by atoms with Gasteiger partial charge in [-0.25, -0.2) is 4.79 Å². The predicted octanol–water partition coefficient (Wildman–Crippen LogP) is 5.00. The van der Waals surface area contributed by atoms with Crippen LogP contribution in [0.2, 0.25) is 0 Å². The zero-order valence-electron chi connectivity index (χ0n) is 40.4. The molecule has 4 saturated heterocycles. The van der Waals surface area contributed by atoms with Crippen molar-refractivity contribution in [2.24, 2.45) is 23.7 Å². The van der Waals surface area contributed by atoms with Crippen LogP contribution in [0.15, 0.2) is 59.3 Å². The fourth-order valence-electron chi connectivity index (χ4n) is 11.1. The zero-order valence-corrected chi connectivity index (χ0v) is 40.4. The number of rotatable bonds is 10. The Kier molecular flexibility index (Phi) is 15.9. The molecule has 368 valence electrons. The van der Waals surface area contributed by atoms with E-state index < -0.39 is 90.7 Å². The van der Waals surface area contributed by atoms with Crippen molar-refractivity contribution in [3.05, 3.63) is 59.3 Å². The molecule has 1 amide bonds. The molecule has 0 unspecified atom stereocenters. The normalized spacial score (nSPS) is 46.7. The summed E-state index contributed by atoms with van der Waals surface area (Å²) in [6.45, 7) is 15.8. The lowest BCUT2D eigenvalue weighted by Crippen LogP contribution is -2.58. The number of hydrogen-bond acceptors (Lipinski definition) is 15. The summed E-state index contributed by atoms with van der Waals surface area (Å²) < 4.78 is 63.8. The summed E-state index contributed by atoms with van der Waals surface area (Å²) in [4.78, 5) is 41.1. The van der Waals surface area contributed by atoms with E-state index in [0.717, 1.165) is 18.4 Å². The molecule has 16 nitrogen and oxygen atoms in total. The summed E-state index contributed by atoms with van der Waals surface area (Å²) >= 11 is 0. The number of esters is 2. The van der Waals surface area contributed by atoms with Crippen LogP contribution in [0.1, 0.15) is 93.9 Å². The van der Waals surface area contributed by atoms with Crippen LogP contribution < -0.4 is 0 Å². The van der Waals surface area contributed by atoms with E-state index in [1.807, 2.05) is 39.8 Å². The molecule has 7 aliphatic rings. The summed E-state index contributed by atoms with van der Waals surface area (Å²) in [5, 5.41) is 23.7. The van der Waals surface area contributed by atoms with E-state index >= 15 is 0 Å². The van der Waals surface area contributed by atoms with Gasteiger partial charge in [-0.1, -0.05) is 64.5 Å². The third-order valence-corrected chi connectivity index (χ3v) is 15.1. The van der Waals surface area contributed by atoms with Crippen LogP contribution in [0.25, 0.3) is 0 Å². The molecule has 16 heteroatoms. The first-order chi connectivity index (χ1) is 31.4. The van der Waals surface area contributed by atoms with Gasteiger partial charge in [-0.2, -0.15) is 0 Å². The number of carbonyl (C=O) groups is 3. The number of nitrogens with zero attached hydrogens (tertiary/aromatic N) is 1. The fraction of sp³-hybridized carbons (Fsp3) is 0.740. The van der Waals surface area contributed by atoms with Crippen LogP contribution in [-0.2, 0) is 61.8 Å². The lowest BCUT2D eigenvalue weighted by Gasteiger charge is -2.48. The SMILES string of the molecule is CC[C@H](C)[C@H]1O[C@]2(C=C[C@@H]1C)C[C@@H]1C[C@@H](C/C=C(\C)[C@@H](O[C@H]3C[C@H](OC)[C@@H](O[C@H]4C[C@H](OC)[C@@H](N(C)C=O)[C@H](C)O4)[C@H](C)O3)[C@@H](C)/C=C/C=C3\C(=O)O[C@@H]4[C@H](O)C(C)=C[C@@H](C(=O)O1)[C@]34O)O2. The van der Waals surface area contributed by atoms with E-state index in [1.54, 1.807) is 39.2 Å². The van der Waals surface area contributed by atoms with Gasteiger partial charge in [0.1, 0.15) is 24.2 Å². The second-order valence-corrected chi connectivity index (χ2v) is 19.7. The van der Waals surface area contributed by atoms with Crippen molar-refractivity contribution in [3.8, 4) is 0 Å². The molecular weight excluding hydrogens is 855 g/mol. The first-order valence-electron chi connectivity index (χ1n) is 23.8. The maximum atomic E-state index is 14.4. The van der Waals surface area contributed by atoms with Gasteiger partial charge < -0.3 is 62.5 Å². The minimum Gasteiger partial charge on any atom is -0.462 e. The van der Waals surface area contributed by atoms with Crippen LogP contribution in [0, 0.1) is 23.7 Å². The highest BCUT2D eigenvalue weighted by molar-refractivity contribution is 5.97. The highest BCUT2D eigenvalue weighted by Crippen LogP contribution is 2.47. The van der Waals surface area contributed by atoms with Gasteiger partial charge in [-0.3, -0.25) is 9.59 Å². The molecule has 1 spiro atoms. The molecule has 7 rings (SSSR count). The molecule has 2 N–H and O–H groups in total. The Hall–Kier alpha value is -3.29. The van der Waals surface area contributed by atoms with Gasteiger partial charge in [0, 0.05) is 58.8 Å². The third-order valence-electron chi connectivity index (χ3n) is 15.1. The second-order valence-electron chi connectivity index (χ2n) is 19.7. The Balaban J connectivity index is 1.18. The number of fused-ring (bicyclic) bond motifs is 2. The number of methoxy groups -OCH3 is 2. The molecule has 0 aromatic heterocycles. The summed E-state index contributed by atoms with van der Waals surface area (Å²) in [6, 6.07) is -0.277. The molecule has 2 bridgehead atoms. The Morgan fingerprint density at radius 3 is 2.30 bits per heavy atom. The Bertz CT molecular complexity index is 1920. The third kappa shape index (κ3) is 10.1. The average Bonchev–Trinajstić information content (AvgIpc) is 3.55. The number of amides is 1. The number of allylic oxidation sites excluding steroid dienone is 2. The van der Waals surface area contributed by atoms with Crippen molar-refractivity contribution in [2.75, 3.05) is 21.3 Å². The van der Waals surface area contributed by atoms with Gasteiger partial charge in [0.05, 0.1) is 54.3 Å². The number of likely N-dealkylation sites (N-methyl/N-ethyl adjacent to an activating group) is 1. The van der Waals surface area contributed by atoms with E-state index in [-0.39, 0.29) is 54.1 Å². The summed E-state index contributed by atoms with van der Waals surface area (Å²) in [5.74, 6) is -4.08. The van der Waals surface area contributed by atoms with Crippen LogP contribution in [-0.4, -0.2) is 152 Å². The van der Waals surface area contributed by atoms with Gasteiger partial charge in [0.25, 0.3) is 0 Å². The molecule has 0 aromatic carbocycles. The van der Waals surface area contributed by atoms with Gasteiger partial charge in [0.15, 0.2) is 30.1 Å². The standard InChI is InChI=1S/C50H73NO15/c1-12-26(2)44-29(5)18-19-49(66-44)24-34-21-33(65-49)17-16-28(4)43(27(3)14-13-15-35-47(54)64-46-42(53)30(6)20-36(48(55)61-34)50(35,46)56)62-40-23-38(58-11)45(32(8)60-40)63-39-22-37(57-10)41(31(7)59-39)51(9)25-52/h13-16,18-20,25-27,29,31-34,36-46,53,56H,12,17,21-24H2,1-11H3/b14-13+,28-16+,35-15+/t26-,27-,29-,31-,32-,33+,34-,36-,37-,38-,39-,40-,41-,42+,43-,44+,45-,46+,49+,50+/m0/s1. The highest BCUT2D eigenvalue weighted by atomic mass is 16.7. The van der Waals surface area contributed by atoms with Crippen molar-refractivity contribution >= 4 is 18.3 Å². The maximum absolute atomic E-state index is 14.4. The summed E-state index contributed by atoms with van der Waals surface area (Å²) in [5.41, 5.74) is -1.12. The van der Waals surface area contributed by atoms with E-state index in [4.69, 9.17) is 47.4 Å². The quantitative estimate of drug-likeness (QED) is 0.169. The number of carbonyl (C=O) groups excluding carboxylic acids is 3. The molecule has 0 aromatic rings. The minimum atomic E-state index is -2.22. The van der Waals surface area contributed by atoms with Crippen LogP contribution >= 0.6 is 0 Å². The highest BCUT2D eigenvalue weighted by Gasteiger charge is 2.64. The molecule has 4 fully saturated rings. The largest absolute Gasteiger partial charge is 0.462 e. The second kappa shape index (κ2) is 20.7. The smallest absolute Gasteiger partial charge is 0.337 e. The predicted molar refractivity (Wildman–Crippen MR) is 239 cm³/mol. The number of aliphatic hydroxyl groups is 2. The van der Waals surface area contributed by atoms with Crippen LogP contribution in [0.3, 0.4) is 0 Å². The van der Waals surface area contributed by atoms with E-state index in [9.17, 15) is 24.6 Å². The molecule has 0 radical (unpaired) electrons. The molecule has 20 atom stereocenters. The van der Waals surface area contributed by atoms with E-state index in [1.165, 1.54) is 12.2 Å². The molecule has 6 heterocycles. The van der Waals surface area contributed by atoms with E-state index in [2.05, 4.69) is 32.9 Å². The van der Waals surface area contributed by atoms with E-state index in [0.29, 0.717) is 31.3 Å². The first kappa shape index (κ1) is 50.6. The number of hydrogen-bond donors (Lipinski definition) is 2. The fourth-order valence-corrected chi connectivity index (χ4v) is 11.1. The van der Waals surface area contributed by atoms with Crippen molar-refractivity contribution in [3.63, 3.8) is 0 Å². The Morgan fingerprint density at radius 2 is 1.61 bits per heavy atom. The summed E-state index contributed by atoms with van der Waals surface area (Å²) in [6.07, 6.45) is 7.93. The number of aliphatic hydroxyl groups excluding tert-OH is 1. The van der Waals surface area contributed by atoms with Gasteiger partial charge in [-0.15, -0.1) is 0 Å². The van der Waals surface area contributed by atoms with Gasteiger partial charge in [-0.05, 0) is 63.3 Å². The monoisotopic (exact) mass is 927 g/mol. The zero-order chi connectivity index (χ0) is 47.8. The molecule has 6 aliphatic heterocycles. The van der Waals surface area contributed by atoms with Crippen molar-refractivity contribution in [1.29, 1.82) is 0 Å². The molecule has 66 heavy (non-hydrogen) atoms. The topological polar surface area (TPSA) is 187 Å². The molecular formula is C50H73NO15. The Labute approximate surface area is 389 Å². The van der Waals surface area contributed by atoms with Crippen LogP contribution in [0.5, 0.6) is 0 Å². The van der Waals surface area contributed by atoms with Gasteiger partial charge in [0.2, 0.25) is 6.41 Å². The van der Waals surface area contributed by atoms with Crippen LogP contribution in [0.4, 0.5) is 0 Å². The summed E-state index contributed by atoms with van der Waals surface area (Å²) in [7, 11) is 4.95. The Morgan fingerprint density at radius 1 is 0.909 bits per heavy atom. The van der Waals surface area contributed by atoms with Gasteiger partial charge >= 0.3 is 11.9 Å². The first-order valence-corrected chi connectivity index (χ1v) is 23.8. The minimum absolute atomic E-state index is 0.134. The maximum Gasteiger partial charge on any atom is 0.337 e.